The van der Waals surface area contributed by atoms with Crippen LogP contribution >= 0.6 is 0 Å². The molecule has 0 radical (unpaired) electrons. The number of esters is 1. The maximum atomic E-state index is 11.3. The molecule has 2 N–H and O–H groups in total. The van der Waals surface area contributed by atoms with E-state index in [1.165, 1.54) is 6.92 Å². The molecular formula is C17H28O4. The number of carbonyl (C=O) groups excluding carboxylic acids is 1. The number of aliphatic hydroxyl groups is 2. The molecule has 0 saturated heterocycles. The summed E-state index contributed by atoms with van der Waals surface area (Å²) >= 11 is 0. The fraction of sp³-hybridized carbons (Fsp3) is 0.706. The number of carbonyl (C=O) groups is 1. The van der Waals surface area contributed by atoms with Crippen LogP contribution in [0.15, 0.2) is 24.3 Å². The van der Waals surface area contributed by atoms with E-state index in [0.29, 0.717) is 5.92 Å². The van der Waals surface area contributed by atoms with E-state index in [1.807, 2.05) is 6.08 Å². The molecule has 0 saturated carbocycles. The van der Waals surface area contributed by atoms with Crippen LogP contribution in [-0.2, 0) is 9.53 Å². The highest BCUT2D eigenvalue weighted by Crippen LogP contribution is 2.29. The van der Waals surface area contributed by atoms with Crippen molar-refractivity contribution in [2.75, 3.05) is 0 Å². The van der Waals surface area contributed by atoms with Crippen LogP contribution in [0.25, 0.3) is 0 Å². The zero-order chi connectivity index (χ0) is 16.2. The van der Waals surface area contributed by atoms with Crippen molar-refractivity contribution in [3.05, 3.63) is 24.3 Å². The molecule has 21 heavy (non-hydrogen) atoms. The Hall–Kier alpha value is -1.13. The van der Waals surface area contributed by atoms with Crippen molar-refractivity contribution in [2.24, 2.45) is 11.8 Å². The van der Waals surface area contributed by atoms with Crippen LogP contribution in [0.4, 0.5) is 0 Å². The summed E-state index contributed by atoms with van der Waals surface area (Å²) in [5.74, 6) is 0.244. The topological polar surface area (TPSA) is 66.8 Å². The van der Waals surface area contributed by atoms with Gasteiger partial charge in [-0.2, -0.15) is 0 Å². The molecule has 1 aliphatic carbocycles. The van der Waals surface area contributed by atoms with Gasteiger partial charge in [-0.05, 0) is 37.2 Å². The highest BCUT2D eigenvalue weighted by molar-refractivity contribution is 5.66. The Morgan fingerprint density at radius 3 is 2.67 bits per heavy atom. The molecule has 4 heteroatoms. The predicted octanol–water partition coefficient (Wildman–Crippen LogP) is 2.60. The Bertz CT molecular complexity index is 409. The van der Waals surface area contributed by atoms with Crippen molar-refractivity contribution in [1.29, 1.82) is 0 Å². The molecular weight excluding hydrogens is 268 g/mol. The van der Waals surface area contributed by atoms with Crippen molar-refractivity contribution in [2.45, 2.75) is 64.8 Å². The molecule has 4 nitrogen and oxygen atoms in total. The lowest BCUT2D eigenvalue weighted by atomic mass is 9.83. The van der Waals surface area contributed by atoms with Crippen LogP contribution in [0, 0.1) is 11.8 Å². The Balaban J connectivity index is 3.08. The second kappa shape index (κ2) is 7.23. The first-order chi connectivity index (χ1) is 9.63. The van der Waals surface area contributed by atoms with Gasteiger partial charge in [0.1, 0.15) is 11.7 Å². The van der Waals surface area contributed by atoms with Gasteiger partial charge in [-0.1, -0.05) is 32.6 Å². The molecule has 0 amide bonds. The van der Waals surface area contributed by atoms with Crippen LogP contribution in [0.3, 0.4) is 0 Å². The molecule has 0 fully saturated rings. The van der Waals surface area contributed by atoms with E-state index in [1.54, 1.807) is 13.0 Å². The highest BCUT2D eigenvalue weighted by atomic mass is 16.6. The van der Waals surface area contributed by atoms with E-state index in [9.17, 15) is 15.0 Å². The minimum atomic E-state index is -1.31. The zero-order valence-corrected chi connectivity index (χ0v) is 13.5. The van der Waals surface area contributed by atoms with Gasteiger partial charge >= 0.3 is 5.97 Å². The van der Waals surface area contributed by atoms with E-state index in [0.717, 1.165) is 18.4 Å². The smallest absolute Gasteiger partial charge is 0.303 e. The summed E-state index contributed by atoms with van der Waals surface area (Å²) in [6.45, 7) is 11.1. The number of allylic oxidation sites excluding steroid dienone is 1. The average molecular weight is 296 g/mol. The largest absolute Gasteiger partial charge is 0.459 e. The second-order valence-corrected chi connectivity index (χ2v) is 6.54. The number of rotatable bonds is 2. The summed E-state index contributed by atoms with van der Waals surface area (Å²) in [6, 6.07) is 0. The molecule has 0 aromatic heterocycles. The third kappa shape index (κ3) is 5.29. The van der Waals surface area contributed by atoms with Gasteiger partial charge in [0.05, 0.1) is 6.10 Å². The number of ether oxygens (including phenoxy) is 1. The average Bonchev–Trinajstić information content (AvgIpc) is 2.35. The summed E-state index contributed by atoms with van der Waals surface area (Å²) < 4.78 is 5.21. The first-order valence-electron chi connectivity index (χ1n) is 7.58. The summed E-state index contributed by atoms with van der Waals surface area (Å²) in [7, 11) is 0. The third-order valence-electron chi connectivity index (χ3n) is 4.20. The van der Waals surface area contributed by atoms with Crippen LogP contribution in [0.2, 0.25) is 0 Å². The van der Waals surface area contributed by atoms with E-state index in [-0.39, 0.29) is 12.3 Å². The van der Waals surface area contributed by atoms with Crippen LogP contribution < -0.4 is 0 Å². The maximum Gasteiger partial charge on any atom is 0.303 e. The van der Waals surface area contributed by atoms with Gasteiger partial charge in [0.15, 0.2) is 0 Å². The number of hydrogen-bond acceptors (Lipinski definition) is 4. The fourth-order valence-electron chi connectivity index (χ4n) is 2.57. The van der Waals surface area contributed by atoms with E-state index in [4.69, 9.17) is 4.74 Å². The van der Waals surface area contributed by atoms with Crippen molar-refractivity contribution in [3.8, 4) is 0 Å². The first-order valence-corrected chi connectivity index (χ1v) is 7.58. The van der Waals surface area contributed by atoms with Crippen molar-refractivity contribution in [3.63, 3.8) is 0 Å². The van der Waals surface area contributed by atoms with Crippen molar-refractivity contribution in [1.82, 2.24) is 0 Å². The standard InChI is InChI=1S/C17H28O4/c1-11(2)14-7-6-12(3)15(19)10-16(21-13(4)18)17(5,20)9-8-14/h8-9,11,14-16,19-20H,3,6-7,10H2,1-2,4-5H3. The molecule has 0 aromatic rings. The van der Waals surface area contributed by atoms with Gasteiger partial charge in [-0.3, -0.25) is 4.79 Å². The molecule has 4 atom stereocenters. The lowest BCUT2D eigenvalue weighted by Gasteiger charge is -2.33. The van der Waals surface area contributed by atoms with E-state index >= 15 is 0 Å². The zero-order valence-electron chi connectivity index (χ0n) is 13.5. The molecule has 0 aliphatic heterocycles. The normalized spacial score (nSPS) is 34.8. The molecule has 0 aromatic carbocycles. The first kappa shape index (κ1) is 17.9. The van der Waals surface area contributed by atoms with Crippen LogP contribution in [0.1, 0.15) is 47.0 Å². The van der Waals surface area contributed by atoms with E-state index in [2.05, 4.69) is 20.4 Å². The molecule has 0 bridgehead atoms. The van der Waals surface area contributed by atoms with Crippen molar-refractivity contribution < 1.29 is 19.7 Å². The second-order valence-electron chi connectivity index (χ2n) is 6.54. The molecule has 120 valence electrons. The molecule has 0 spiro atoms. The Morgan fingerprint density at radius 2 is 2.14 bits per heavy atom. The quantitative estimate of drug-likeness (QED) is 0.607. The highest BCUT2D eigenvalue weighted by Gasteiger charge is 2.35. The lowest BCUT2D eigenvalue weighted by molar-refractivity contribution is -0.159. The Morgan fingerprint density at radius 1 is 1.52 bits per heavy atom. The van der Waals surface area contributed by atoms with Crippen molar-refractivity contribution >= 4 is 5.97 Å². The van der Waals surface area contributed by atoms with Gasteiger partial charge in [0.25, 0.3) is 0 Å². The molecule has 0 heterocycles. The third-order valence-corrected chi connectivity index (χ3v) is 4.20. The number of hydrogen-bond donors (Lipinski definition) is 2. The number of aliphatic hydroxyl groups excluding tert-OH is 1. The lowest BCUT2D eigenvalue weighted by Crippen LogP contribution is -2.43. The van der Waals surface area contributed by atoms with Gasteiger partial charge in [0, 0.05) is 13.3 Å². The summed E-state index contributed by atoms with van der Waals surface area (Å²) in [6.07, 6.45) is 3.89. The summed E-state index contributed by atoms with van der Waals surface area (Å²) in [5.41, 5.74) is -0.582. The molecule has 1 rings (SSSR count). The van der Waals surface area contributed by atoms with Crippen LogP contribution in [-0.4, -0.2) is 34.0 Å². The maximum absolute atomic E-state index is 11.3. The summed E-state index contributed by atoms with van der Waals surface area (Å²) in [5, 5.41) is 20.8. The fourth-order valence-corrected chi connectivity index (χ4v) is 2.57. The molecule has 4 unspecified atom stereocenters. The monoisotopic (exact) mass is 296 g/mol. The Kier molecular flexibility index (Phi) is 6.17. The minimum Gasteiger partial charge on any atom is -0.459 e. The summed E-state index contributed by atoms with van der Waals surface area (Å²) in [4.78, 5) is 11.3. The minimum absolute atomic E-state index is 0.155. The van der Waals surface area contributed by atoms with Gasteiger partial charge in [-0.15, -0.1) is 0 Å². The molecule has 1 aliphatic rings. The van der Waals surface area contributed by atoms with Gasteiger partial charge in [-0.25, -0.2) is 0 Å². The van der Waals surface area contributed by atoms with Crippen LogP contribution in [0.5, 0.6) is 0 Å². The SMILES string of the molecule is C=C1CCC(C(C)C)C=CC(C)(O)C(OC(C)=O)CC1O. The van der Waals surface area contributed by atoms with Gasteiger partial charge in [0.2, 0.25) is 0 Å². The Labute approximate surface area is 127 Å². The van der Waals surface area contributed by atoms with Gasteiger partial charge < -0.3 is 14.9 Å². The van der Waals surface area contributed by atoms with E-state index < -0.39 is 23.8 Å². The predicted molar refractivity (Wildman–Crippen MR) is 82.6 cm³/mol.